The fourth-order valence-corrected chi connectivity index (χ4v) is 1.86. The summed E-state index contributed by atoms with van der Waals surface area (Å²) in [6.45, 7) is 0.645. The molecular weight excluding hydrogens is 168 g/mol. The van der Waals surface area contributed by atoms with E-state index >= 15 is 0 Å². The molecule has 0 aromatic rings. The van der Waals surface area contributed by atoms with E-state index in [2.05, 4.69) is 5.32 Å². The van der Waals surface area contributed by atoms with Crippen molar-refractivity contribution in [2.75, 3.05) is 6.54 Å². The van der Waals surface area contributed by atoms with Gasteiger partial charge in [-0.2, -0.15) is 0 Å². The van der Waals surface area contributed by atoms with Crippen molar-refractivity contribution in [3.05, 3.63) is 0 Å². The van der Waals surface area contributed by atoms with E-state index in [1.807, 2.05) is 0 Å². The predicted octanol–water partition coefficient (Wildman–Crippen LogP) is 0.481. The first-order chi connectivity index (χ1) is 6.21. The van der Waals surface area contributed by atoms with Gasteiger partial charge in [-0.05, 0) is 31.6 Å². The number of imide groups is 1. The van der Waals surface area contributed by atoms with Crippen molar-refractivity contribution in [1.82, 2.24) is 10.2 Å². The Balaban J connectivity index is 1.78. The molecule has 0 aromatic carbocycles. The van der Waals surface area contributed by atoms with E-state index in [1.54, 1.807) is 0 Å². The monoisotopic (exact) mass is 180 g/mol. The van der Waals surface area contributed by atoms with Crippen molar-refractivity contribution in [2.45, 2.75) is 31.2 Å². The SMILES string of the molecule is O=C1NC2(CC2)C(=O)N1CC1CC1. The number of hydrogen-bond donors (Lipinski definition) is 1. The molecule has 3 aliphatic rings. The molecule has 3 amide bonds. The van der Waals surface area contributed by atoms with Gasteiger partial charge in [0, 0.05) is 6.54 Å². The van der Waals surface area contributed by atoms with Crippen LogP contribution in [0.5, 0.6) is 0 Å². The maximum absolute atomic E-state index is 11.7. The largest absolute Gasteiger partial charge is 0.325 e. The van der Waals surface area contributed by atoms with Gasteiger partial charge in [-0.1, -0.05) is 0 Å². The van der Waals surface area contributed by atoms with Crippen molar-refractivity contribution >= 4 is 11.9 Å². The molecule has 3 fully saturated rings. The smallest absolute Gasteiger partial charge is 0.323 e. The number of amides is 3. The molecule has 1 heterocycles. The first-order valence-electron chi connectivity index (χ1n) is 4.85. The fourth-order valence-electron chi connectivity index (χ4n) is 1.86. The summed E-state index contributed by atoms with van der Waals surface area (Å²) in [5.74, 6) is 0.605. The molecule has 0 aromatic heterocycles. The van der Waals surface area contributed by atoms with Gasteiger partial charge in [0.15, 0.2) is 0 Å². The number of nitrogens with zero attached hydrogens (tertiary/aromatic N) is 1. The molecule has 0 bridgehead atoms. The van der Waals surface area contributed by atoms with Gasteiger partial charge < -0.3 is 5.32 Å². The van der Waals surface area contributed by atoms with Crippen LogP contribution >= 0.6 is 0 Å². The first-order valence-corrected chi connectivity index (χ1v) is 4.85. The molecule has 13 heavy (non-hydrogen) atoms. The van der Waals surface area contributed by atoms with Gasteiger partial charge in [-0.3, -0.25) is 9.69 Å². The van der Waals surface area contributed by atoms with E-state index in [0.29, 0.717) is 12.5 Å². The molecule has 1 aliphatic heterocycles. The lowest BCUT2D eigenvalue weighted by Crippen LogP contribution is -2.33. The van der Waals surface area contributed by atoms with Crippen LogP contribution in [0.1, 0.15) is 25.7 Å². The summed E-state index contributed by atoms with van der Waals surface area (Å²) in [5, 5.41) is 2.77. The Hall–Kier alpha value is -1.06. The van der Waals surface area contributed by atoms with Crippen LogP contribution in [0.3, 0.4) is 0 Å². The van der Waals surface area contributed by atoms with Crippen LogP contribution in [-0.4, -0.2) is 28.9 Å². The molecule has 1 saturated heterocycles. The number of nitrogens with one attached hydrogen (secondary N) is 1. The third-order valence-corrected chi connectivity index (χ3v) is 3.13. The number of carbonyl (C=O) groups is 2. The van der Waals surface area contributed by atoms with Crippen LogP contribution in [0.15, 0.2) is 0 Å². The highest BCUT2D eigenvalue weighted by molar-refractivity contribution is 6.08. The maximum atomic E-state index is 11.7. The minimum absolute atomic E-state index is 0.0180. The minimum atomic E-state index is -0.452. The van der Waals surface area contributed by atoms with Gasteiger partial charge in [0.05, 0.1) is 0 Å². The molecular formula is C9H12N2O2. The van der Waals surface area contributed by atoms with Crippen LogP contribution in [-0.2, 0) is 4.79 Å². The van der Waals surface area contributed by atoms with E-state index in [1.165, 1.54) is 17.7 Å². The molecule has 2 aliphatic carbocycles. The summed E-state index contributed by atoms with van der Waals surface area (Å²) >= 11 is 0. The Kier molecular flexibility index (Phi) is 1.16. The van der Waals surface area contributed by atoms with Crippen molar-refractivity contribution in [3.63, 3.8) is 0 Å². The van der Waals surface area contributed by atoms with Gasteiger partial charge in [0.2, 0.25) is 0 Å². The lowest BCUT2D eigenvalue weighted by molar-refractivity contribution is -0.128. The maximum Gasteiger partial charge on any atom is 0.325 e. The fraction of sp³-hybridized carbons (Fsp3) is 0.778. The Morgan fingerprint density at radius 2 is 2.08 bits per heavy atom. The molecule has 1 N–H and O–H groups in total. The molecule has 0 unspecified atom stereocenters. The normalized spacial score (nSPS) is 29.7. The Bertz CT molecular complexity index is 292. The average Bonchev–Trinajstić information content (AvgIpc) is 2.93. The summed E-state index contributed by atoms with van der Waals surface area (Å²) in [6, 6.07) is -0.172. The molecule has 2 saturated carbocycles. The Morgan fingerprint density at radius 1 is 1.38 bits per heavy atom. The van der Waals surface area contributed by atoms with E-state index in [0.717, 1.165) is 12.8 Å². The summed E-state index contributed by atoms with van der Waals surface area (Å²) in [5.41, 5.74) is -0.452. The Labute approximate surface area is 76.3 Å². The van der Waals surface area contributed by atoms with E-state index in [-0.39, 0.29) is 11.9 Å². The van der Waals surface area contributed by atoms with Crippen LogP contribution < -0.4 is 5.32 Å². The highest BCUT2D eigenvalue weighted by Crippen LogP contribution is 2.42. The third-order valence-electron chi connectivity index (χ3n) is 3.13. The van der Waals surface area contributed by atoms with Gasteiger partial charge in [-0.25, -0.2) is 4.79 Å². The number of rotatable bonds is 2. The molecule has 3 rings (SSSR count). The summed E-state index contributed by atoms with van der Waals surface area (Å²) in [4.78, 5) is 24.5. The van der Waals surface area contributed by atoms with E-state index in [9.17, 15) is 9.59 Å². The zero-order valence-corrected chi connectivity index (χ0v) is 7.38. The van der Waals surface area contributed by atoms with E-state index in [4.69, 9.17) is 0 Å². The molecule has 4 heteroatoms. The topological polar surface area (TPSA) is 49.4 Å². The predicted molar refractivity (Wildman–Crippen MR) is 44.9 cm³/mol. The van der Waals surface area contributed by atoms with Crippen molar-refractivity contribution in [1.29, 1.82) is 0 Å². The van der Waals surface area contributed by atoms with Gasteiger partial charge in [0.1, 0.15) is 5.54 Å². The van der Waals surface area contributed by atoms with Crippen molar-refractivity contribution < 1.29 is 9.59 Å². The van der Waals surface area contributed by atoms with Gasteiger partial charge >= 0.3 is 6.03 Å². The standard InChI is InChI=1S/C9H12N2O2/c12-7-9(3-4-9)10-8(13)11(7)5-6-1-2-6/h6H,1-5H2,(H,10,13). The van der Waals surface area contributed by atoms with Crippen LogP contribution in [0.4, 0.5) is 4.79 Å². The molecule has 70 valence electrons. The third kappa shape index (κ3) is 0.975. The van der Waals surface area contributed by atoms with Crippen molar-refractivity contribution in [3.8, 4) is 0 Å². The van der Waals surface area contributed by atoms with Gasteiger partial charge in [0.25, 0.3) is 5.91 Å². The first kappa shape index (κ1) is 7.35. The molecule has 0 atom stereocenters. The lowest BCUT2D eigenvalue weighted by atomic mass is 10.2. The number of carbonyl (C=O) groups excluding carboxylic acids is 2. The van der Waals surface area contributed by atoms with Crippen LogP contribution in [0.25, 0.3) is 0 Å². The molecule has 1 spiro atoms. The highest BCUT2D eigenvalue weighted by atomic mass is 16.2. The zero-order chi connectivity index (χ0) is 9.05. The average molecular weight is 180 g/mol. The zero-order valence-electron chi connectivity index (χ0n) is 7.38. The number of urea groups is 1. The summed E-state index contributed by atoms with van der Waals surface area (Å²) in [6.07, 6.45) is 4.01. The molecule has 4 nitrogen and oxygen atoms in total. The summed E-state index contributed by atoms with van der Waals surface area (Å²) < 4.78 is 0. The highest BCUT2D eigenvalue weighted by Gasteiger charge is 2.59. The van der Waals surface area contributed by atoms with Crippen LogP contribution in [0.2, 0.25) is 0 Å². The van der Waals surface area contributed by atoms with E-state index < -0.39 is 5.54 Å². The summed E-state index contributed by atoms with van der Waals surface area (Å²) in [7, 11) is 0. The van der Waals surface area contributed by atoms with Crippen molar-refractivity contribution in [2.24, 2.45) is 5.92 Å². The second-order valence-corrected chi connectivity index (χ2v) is 4.37. The second-order valence-electron chi connectivity index (χ2n) is 4.37. The minimum Gasteiger partial charge on any atom is -0.323 e. The van der Waals surface area contributed by atoms with Gasteiger partial charge in [-0.15, -0.1) is 0 Å². The number of hydrogen-bond acceptors (Lipinski definition) is 2. The van der Waals surface area contributed by atoms with Crippen LogP contribution in [0, 0.1) is 5.92 Å². The molecule has 0 radical (unpaired) electrons. The quantitative estimate of drug-likeness (QED) is 0.628. The lowest BCUT2D eigenvalue weighted by Gasteiger charge is -2.11. The Morgan fingerprint density at radius 3 is 2.54 bits per heavy atom. The second kappa shape index (κ2) is 2.05.